The molecule has 0 saturated heterocycles. The average molecular weight is 543 g/mol. The van der Waals surface area contributed by atoms with Crippen molar-refractivity contribution in [3.05, 3.63) is 58.7 Å². The summed E-state index contributed by atoms with van der Waals surface area (Å²) in [5.41, 5.74) is 2.89. The molecule has 0 unspecified atom stereocenters. The monoisotopic (exact) mass is 542 g/mol. The Morgan fingerprint density at radius 1 is 1.05 bits per heavy atom. The van der Waals surface area contributed by atoms with Crippen molar-refractivity contribution in [2.45, 2.75) is 20.8 Å². The molecule has 0 spiro atoms. The number of aliphatic imine (C=N–C) groups is 1. The van der Waals surface area contributed by atoms with Crippen LogP contribution in [-0.2, 0) is 14.6 Å². The van der Waals surface area contributed by atoms with Gasteiger partial charge in [0.1, 0.15) is 19.0 Å². The summed E-state index contributed by atoms with van der Waals surface area (Å²) >= 11 is 0.761. The maximum Gasteiger partial charge on any atom is 0.283 e. The quantitative estimate of drug-likeness (QED) is 0.394. The van der Waals surface area contributed by atoms with E-state index in [4.69, 9.17) is 19.6 Å². The van der Waals surface area contributed by atoms with Gasteiger partial charge in [-0.1, -0.05) is 19.1 Å². The molecular formula is C25H26N4O6S2. The summed E-state index contributed by atoms with van der Waals surface area (Å²) in [7, 11) is -2.09. The van der Waals surface area contributed by atoms with Gasteiger partial charge in [0.15, 0.2) is 17.3 Å². The maximum absolute atomic E-state index is 12.6. The molecule has 0 fully saturated rings. The van der Waals surface area contributed by atoms with E-state index in [0.29, 0.717) is 23.7 Å². The lowest BCUT2D eigenvalue weighted by molar-refractivity contribution is -0.114. The Hall–Kier alpha value is -3.64. The second kappa shape index (κ2) is 10.8. The van der Waals surface area contributed by atoms with E-state index in [1.54, 1.807) is 18.2 Å². The third-order valence-electron chi connectivity index (χ3n) is 5.67. The molecule has 1 N–H and O–H groups in total. The van der Waals surface area contributed by atoms with Gasteiger partial charge in [-0.05, 0) is 72.6 Å². The number of amidine groups is 2. The minimum Gasteiger partial charge on any atom is -0.493 e. The van der Waals surface area contributed by atoms with Crippen molar-refractivity contribution >= 4 is 49.0 Å². The van der Waals surface area contributed by atoms with Gasteiger partial charge in [-0.2, -0.15) is 10.0 Å². The molecule has 2 aliphatic heterocycles. The number of benzene rings is 2. The van der Waals surface area contributed by atoms with Gasteiger partial charge in [0.05, 0.1) is 18.4 Å². The van der Waals surface area contributed by atoms with Crippen LogP contribution in [0.2, 0.25) is 0 Å². The molecule has 2 heterocycles. The Labute approximate surface area is 219 Å². The van der Waals surface area contributed by atoms with E-state index >= 15 is 0 Å². The molecule has 12 heteroatoms. The summed E-state index contributed by atoms with van der Waals surface area (Å²) < 4.78 is 41.2. The first-order valence-corrected chi connectivity index (χ1v) is 13.8. The van der Waals surface area contributed by atoms with Crippen LogP contribution >= 0.6 is 11.8 Å². The molecule has 0 aromatic heterocycles. The van der Waals surface area contributed by atoms with E-state index in [1.165, 1.54) is 25.7 Å². The second-order valence-corrected chi connectivity index (χ2v) is 11.6. The SMILES string of the molecule is CCS(=O)(=O)C1=NN2C(=N)/C(=C\c3ccc(OCCOc4ccc(C)c(C)c4)c(OC)c3)C(=O)N=C2S1. The molecule has 194 valence electrons. The number of methoxy groups -OCH3 is 1. The first-order valence-electron chi connectivity index (χ1n) is 11.4. The summed E-state index contributed by atoms with van der Waals surface area (Å²) in [5, 5.41) is 13.5. The summed E-state index contributed by atoms with van der Waals surface area (Å²) in [6.07, 6.45) is 1.48. The van der Waals surface area contributed by atoms with Crippen molar-refractivity contribution in [3.63, 3.8) is 0 Å². The van der Waals surface area contributed by atoms with E-state index in [9.17, 15) is 13.2 Å². The van der Waals surface area contributed by atoms with E-state index in [1.807, 2.05) is 32.0 Å². The second-order valence-electron chi connectivity index (χ2n) is 8.14. The third kappa shape index (κ3) is 5.70. The van der Waals surface area contributed by atoms with Crippen LogP contribution in [0.1, 0.15) is 23.6 Å². The van der Waals surface area contributed by atoms with Crippen molar-refractivity contribution in [1.82, 2.24) is 5.01 Å². The van der Waals surface area contributed by atoms with Crippen LogP contribution in [-0.4, -0.2) is 60.8 Å². The minimum absolute atomic E-state index is 0.0271. The highest BCUT2D eigenvalue weighted by atomic mass is 32.3. The number of ether oxygens (including phenoxy) is 3. The maximum atomic E-state index is 12.6. The number of fused-ring (bicyclic) bond motifs is 1. The molecule has 2 aromatic carbocycles. The van der Waals surface area contributed by atoms with Gasteiger partial charge >= 0.3 is 0 Å². The van der Waals surface area contributed by atoms with E-state index in [2.05, 4.69) is 10.1 Å². The van der Waals surface area contributed by atoms with Crippen LogP contribution in [0.15, 0.2) is 52.1 Å². The largest absolute Gasteiger partial charge is 0.493 e. The van der Waals surface area contributed by atoms with Crippen LogP contribution < -0.4 is 14.2 Å². The number of sulfone groups is 1. The van der Waals surface area contributed by atoms with Gasteiger partial charge in [-0.15, -0.1) is 5.10 Å². The lowest BCUT2D eigenvalue weighted by Crippen LogP contribution is -2.35. The highest BCUT2D eigenvalue weighted by Crippen LogP contribution is 2.32. The van der Waals surface area contributed by atoms with Crippen molar-refractivity contribution in [2.24, 2.45) is 10.1 Å². The number of carbonyl (C=O) groups is 1. The number of nitrogens with one attached hydrogen (secondary N) is 1. The molecule has 37 heavy (non-hydrogen) atoms. The lowest BCUT2D eigenvalue weighted by atomic mass is 10.1. The molecule has 0 radical (unpaired) electrons. The number of nitrogens with zero attached hydrogens (tertiary/aromatic N) is 3. The van der Waals surface area contributed by atoms with Gasteiger partial charge in [0.25, 0.3) is 5.91 Å². The number of amides is 1. The summed E-state index contributed by atoms with van der Waals surface area (Å²) in [6, 6.07) is 11.0. The fraction of sp³-hybridized carbons (Fsp3) is 0.280. The normalized spacial score (nSPS) is 16.4. The minimum atomic E-state index is -3.59. The standard InChI is InChI=1S/C25H26N4O6S2/c1-5-37(31,32)25-28-29-22(26)19(23(30)27-24(29)36-25)13-17-7-9-20(21(14-17)33-4)35-11-10-34-18-8-6-15(2)16(3)12-18/h6-9,12-14,26H,5,10-11H2,1-4H3/b19-13+,26-22?. The number of aryl methyl sites for hydroxylation is 2. The number of rotatable bonds is 8. The van der Waals surface area contributed by atoms with Gasteiger partial charge < -0.3 is 14.2 Å². The van der Waals surface area contributed by atoms with Gasteiger partial charge in [0.2, 0.25) is 19.4 Å². The third-order valence-corrected chi connectivity index (χ3v) is 8.76. The first-order chi connectivity index (χ1) is 17.6. The molecule has 0 bridgehead atoms. The molecule has 0 atom stereocenters. The van der Waals surface area contributed by atoms with Crippen LogP contribution in [0.25, 0.3) is 6.08 Å². The van der Waals surface area contributed by atoms with Crippen molar-refractivity contribution in [3.8, 4) is 17.2 Å². The summed E-state index contributed by atoms with van der Waals surface area (Å²) in [5.74, 6) is 0.643. The molecule has 1 amide bonds. The zero-order valence-corrected chi connectivity index (χ0v) is 22.4. The Morgan fingerprint density at radius 3 is 2.51 bits per heavy atom. The molecular weight excluding hydrogens is 516 g/mol. The van der Waals surface area contributed by atoms with Gasteiger partial charge in [-0.3, -0.25) is 10.2 Å². The smallest absolute Gasteiger partial charge is 0.283 e. The molecule has 0 saturated carbocycles. The first kappa shape index (κ1) is 26.4. The summed E-state index contributed by atoms with van der Waals surface area (Å²) in [6.45, 7) is 6.20. The number of hydrogen-bond acceptors (Lipinski definition) is 9. The highest BCUT2D eigenvalue weighted by Gasteiger charge is 2.39. The van der Waals surface area contributed by atoms with Crippen molar-refractivity contribution in [2.75, 3.05) is 26.1 Å². The van der Waals surface area contributed by atoms with Gasteiger partial charge in [-0.25, -0.2) is 8.42 Å². The number of carbonyl (C=O) groups excluding carboxylic acids is 1. The van der Waals surface area contributed by atoms with E-state index < -0.39 is 15.7 Å². The summed E-state index contributed by atoms with van der Waals surface area (Å²) in [4.78, 5) is 16.5. The fourth-order valence-electron chi connectivity index (χ4n) is 3.40. The fourth-order valence-corrected chi connectivity index (χ4v) is 5.56. The van der Waals surface area contributed by atoms with Crippen LogP contribution in [0.5, 0.6) is 17.2 Å². The highest BCUT2D eigenvalue weighted by molar-refractivity contribution is 8.42. The average Bonchev–Trinajstić information content (AvgIpc) is 3.32. The molecule has 0 aliphatic carbocycles. The Balaban J connectivity index is 1.46. The molecule has 10 nitrogen and oxygen atoms in total. The predicted octanol–water partition coefficient (Wildman–Crippen LogP) is 3.78. The number of hydrogen-bond donors (Lipinski definition) is 1. The van der Waals surface area contributed by atoms with E-state index in [-0.39, 0.29) is 33.3 Å². The zero-order chi connectivity index (χ0) is 26.7. The Bertz CT molecular complexity index is 1460. The Morgan fingerprint density at radius 2 is 1.81 bits per heavy atom. The molecule has 2 aliphatic rings. The number of thioether (sulfide) groups is 1. The molecule has 4 rings (SSSR count). The van der Waals surface area contributed by atoms with Crippen molar-refractivity contribution < 1.29 is 27.4 Å². The van der Waals surface area contributed by atoms with Crippen LogP contribution in [0, 0.1) is 19.3 Å². The van der Waals surface area contributed by atoms with Crippen LogP contribution in [0.3, 0.4) is 0 Å². The predicted molar refractivity (Wildman–Crippen MR) is 144 cm³/mol. The van der Waals surface area contributed by atoms with E-state index in [0.717, 1.165) is 28.1 Å². The molecule has 2 aromatic rings. The lowest BCUT2D eigenvalue weighted by Gasteiger charge is -2.20. The zero-order valence-electron chi connectivity index (χ0n) is 20.8. The Kier molecular flexibility index (Phi) is 7.69. The van der Waals surface area contributed by atoms with Crippen LogP contribution in [0.4, 0.5) is 0 Å². The number of hydrazone groups is 1. The topological polar surface area (TPSA) is 131 Å². The van der Waals surface area contributed by atoms with Crippen molar-refractivity contribution in [1.29, 1.82) is 5.41 Å². The van der Waals surface area contributed by atoms with Gasteiger partial charge in [0, 0.05) is 0 Å².